The molecular formula is H3CuN2O2+. The minimum atomic E-state index is -0.750. The van der Waals surface area contributed by atoms with Crippen molar-refractivity contribution >= 4 is 0 Å². The maximum Gasteiger partial charge on any atom is 0.326 e. The predicted octanol–water partition coefficient (Wildman–Crippen LogP) is -0.194. The van der Waals surface area contributed by atoms with E-state index in [2.05, 4.69) is 0 Å². The molecular weight excluding hydrogens is 124 g/mol. The monoisotopic (exact) mass is 126 g/mol. The van der Waals surface area contributed by atoms with Gasteiger partial charge in [0.15, 0.2) is 0 Å². The van der Waals surface area contributed by atoms with E-state index in [-0.39, 0.29) is 17.1 Å². The Bertz CT molecular complexity index is 30.6. The molecule has 1 radical (unpaired) electrons. The summed E-state index contributed by atoms with van der Waals surface area (Å²) in [5.41, 5.74) is 5.53. The SMILES string of the molecule is N=[N+](O)O.[Cu]. The van der Waals surface area contributed by atoms with Crippen molar-refractivity contribution in [3.63, 3.8) is 0 Å². The van der Waals surface area contributed by atoms with Crippen LogP contribution in [0.25, 0.3) is 0 Å². The fourth-order valence-corrected chi connectivity index (χ4v) is 0. The molecule has 0 saturated carbocycles. The van der Waals surface area contributed by atoms with E-state index in [0.717, 1.165) is 0 Å². The van der Waals surface area contributed by atoms with Crippen molar-refractivity contribution in [3.8, 4) is 0 Å². The molecule has 0 aliphatic carbocycles. The summed E-state index contributed by atoms with van der Waals surface area (Å²) in [5.74, 6) is 0. The Morgan fingerprint density at radius 3 is 1.40 bits per heavy atom. The van der Waals surface area contributed by atoms with Gasteiger partial charge in [-0.25, -0.2) is 10.4 Å². The molecule has 0 spiro atoms. The van der Waals surface area contributed by atoms with Crippen LogP contribution in [0.1, 0.15) is 0 Å². The zero-order chi connectivity index (χ0) is 3.58. The molecule has 0 aromatic heterocycles. The van der Waals surface area contributed by atoms with Crippen LogP contribution >= 0.6 is 0 Å². The summed E-state index contributed by atoms with van der Waals surface area (Å²) in [6.45, 7) is 0. The number of hydrogen-bond donors (Lipinski definition) is 3. The molecule has 0 fully saturated rings. The van der Waals surface area contributed by atoms with Crippen molar-refractivity contribution in [2.75, 3.05) is 0 Å². The largest absolute Gasteiger partial charge is 0.326 e. The third-order valence-corrected chi connectivity index (χ3v) is 0. The van der Waals surface area contributed by atoms with E-state index in [0.29, 0.717) is 0 Å². The average Bonchev–Trinajstić information content (AvgIpc) is 0.811. The standard InChI is InChI=1S/Cu.H3N2O2/c;1-2(3)4/h;(H3,1,3,4)/q;+1. The fourth-order valence-electron chi connectivity index (χ4n) is 0. The second-order valence-electron chi connectivity index (χ2n) is 0.289. The first-order valence-electron chi connectivity index (χ1n) is 0.624. The Balaban J connectivity index is 0. The molecule has 0 heterocycles. The van der Waals surface area contributed by atoms with Crippen molar-refractivity contribution in [3.05, 3.63) is 0 Å². The summed E-state index contributed by atoms with van der Waals surface area (Å²) < 4.78 is 0. The maximum atomic E-state index is 7.11. The molecule has 3 N–H and O–H groups in total. The van der Waals surface area contributed by atoms with Gasteiger partial charge in [0.1, 0.15) is 0 Å². The quantitative estimate of drug-likeness (QED) is 0.239. The van der Waals surface area contributed by atoms with Crippen molar-refractivity contribution < 1.29 is 32.5 Å². The number of hydrogen-bond acceptors (Lipinski definition) is 1. The zero-order valence-corrected chi connectivity index (χ0v) is 3.08. The van der Waals surface area contributed by atoms with Crippen LogP contribution in [0.5, 0.6) is 0 Å². The fraction of sp³-hybridized carbons (Fsp3) is 0. The molecule has 0 rings (SSSR count). The van der Waals surface area contributed by atoms with Gasteiger partial charge in [0.25, 0.3) is 0 Å². The van der Waals surface area contributed by atoms with Crippen LogP contribution in [0.3, 0.4) is 0 Å². The van der Waals surface area contributed by atoms with Crippen LogP contribution in [-0.2, 0) is 17.1 Å². The van der Waals surface area contributed by atoms with Gasteiger partial charge in [-0.15, -0.1) is 0 Å². The van der Waals surface area contributed by atoms with Gasteiger partial charge < -0.3 is 0 Å². The van der Waals surface area contributed by atoms with Crippen molar-refractivity contribution in [2.45, 2.75) is 0 Å². The smallest absolute Gasteiger partial charge is 0.221 e. The number of nitrogens with zero attached hydrogens (tertiary/aromatic N) is 1. The normalized spacial score (nSPS) is 4.80. The van der Waals surface area contributed by atoms with E-state index in [1.165, 1.54) is 0 Å². The van der Waals surface area contributed by atoms with Crippen molar-refractivity contribution in [2.24, 2.45) is 0 Å². The van der Waals surface area contributed by atoms with Crippen molar-refractivity contribution in [1.29, 1.82) is 5.53 Å². The number of nitrogens with one attached hydrogen (secondary N) is 1. The van der Waals surface area contributed by atoms with Gasteiger partial charge in [-0.1, -0.05) is 0 Å². The summed E-state index contributed by atoms with van der Waals surface area (Å²) in [6.07, 6.45) is 0. The average molecular weight is 127 g/mol. The van der Waals surface area contributed by atoms with Crippen LogP contribution in [0, 0.1) is 5.53 Å². The van der Waals surface area contributed by atoms with E-state index in [4.69, 9.17) is 15.9 Å². The second kappa shape index (κ2) is 3.72. The molecule has 0 amide bonds. The molecule has 35 valence electrons. The molecule has 4 nitrogen and oxygen atoms in total. The van der Waals surface area contributed by atoms with Crippen LogP contribution < -0.4 is 0 Å². The van der Waals surface area contributed by atoms with E-state index < -0.39 is 5.02 Å². The van der Waals surface area contributed by atoms with Crippen LogP contribution in [0.15, 0.2) is 0 Å². The Labute approximate surface area is 38.9 Å². The maximum absolute atomic E-state index is 7.11. The Kier molecular flexibility index (Phi) is 6.57. The van der Waals surface area contributed by atoms with E-state index >= 15 is 0 Å². The molecule has 0 aliphatic heterocycles. The van der Waals surface area contributed by atoms with Crippen molar-refractivity contribution in [1.82, 2.24) is 0 Å². The summed E-state index contributed by atoms with van der Waals surface area (Å²) >= 11 is 0. The summed E-state index contributed by atoms with van der Waals surface area (Å²) in [6, 6.07) is 0. The van der Waals surface area contributed by atoms with Gasteiger partial charge >= 0.3 is 5.02 Å². The Morgan fingerprint density at radius 1 is 1.40 bits per heavy atom. The van der Waals surface area contributed by atoms with Crippen LogP contribution in [-0.4, -0.2) is 15.4 Å². The van der Waals surface area contributed by atoms with E-state index in [9.17, 15) is 0 Å². The van der Waals surface area contributed by atoms with E-state index in [1.807, 2.05) is 0 Å². The van der Waals surface area contributed by atoms with E-state index in [1.54, 1.807) is 0 Å². The van der Waals surface area contributed by atoms with Crippen LogP contribution in [0.4, 0.5) is 0 Å². The molecule has 0 bridgehead atoms. The molecule has 0 saturated heterocycles. The predicted molar refractivity (Wildman–Crippen MR) is 6.55 cm³/mol. The van der Waals surface area contributed by atoms with Gasteiger partial charge in [-0.2, -0.15) is 0 Å². The molecule has 0 atom stereocenters. The summed E-state index contributed by atoms with van der Waals surface area (Å²) in [5, 5.41) is 13.5. The second-order valence-corrected chi connectivity index (χ2v) is 0.289. The molecule has 0 aromatic carbocycles. The molecule has 0 aliphatic rings. The molecule has 5 heavy (non-hydrogen) atoms. The molecule has 0 aromatic rings. The minimum Gasteiger partial charge on any atom is -0.221 e. The first kappa shape index (κ1) is 8.83. The topological polar surface area (TPSA) is 67.3 Å². The van der Waals surface area contributed by atoms with Gasteiger partial charge in [0.05, 0.1) is 0 Å². The van der Waals surface area contributed by atoms with Gasteiger partial charge in [-0.05, 0) is 0 Å². The summed E-state index contributed by atoms with van der Waals surface area (Å²) in [7, 11) is 0. The molecule has 5 heteroatoms. The first-order chi connectivity index (χ1) is 1.73. The zero-order valence-electron chi connectivity index (χ0n) is 2.14. The Morgan fingerprint density at radius 2 is 1.40 bits per heavy atom. The van der Waals surface area contributed by atoms with Gasteiger partial charge in [0.2, 0.25) is 0 Å². The van der Waals surface area contributed by atoms with Gasteiger partial charge in [0, 0.05) is 22.6 Å². The third kappa shape index (κ3) is 140. The minimum absolute atomic E-state index is 0. The summed E-state index contributed by atoms with van der Waals surface area (Å²) in [4.78, 5) is 0. The van der Waals surface area contributed by atoms with Crippen LogP contribution in [0.2, 0.25) is 0 Å². The molecule has 0 unspecified atom stereocenters. The Hall–Kier alpha value is -0.281. The third-order valence-electron chi connectivity index (χ3n) is 0. The number of rotatable bonds is 0. The van der Waals surface area contributed by atoms with Gasteiger partial charge in [-0.3, -0.25) is 0 Å². The first-order valence-corrected chi connectivity index (χ1v) is 0.624.